The highest BCUT2D eigenvalue weighted by atomic mass is 15.2. The SMILES string of the molecule is c1ccc(-c2ccc(-c3ccc(N(c4ccc(-c5ccccc5)cc4)c4ccc5c(c4)cc(-c4ccccc4)n4nc(-c6ccccc6)c(-c6ccccc6)c54)cc3)cc2)cc1. The largest absolute Gasteiger partial charge is 0.310 e. The topological polar surface area (TPSA) is 20.5 Å². The summed E-state index contributed by atoms with van der Waals surface area (Å²) in [6.07, 6.45) is 0. The van der Waals surface area contributed by atoms with E-state index in [0.29, 0.717) is 0 Å². The van der Waals surface area contributed by atoms with Gasteiger partial charge in [-0.25, -0.2) is 4.52 Å². The Morgan fingerprint density at radius 2 is 0.677 bits per heavy atom. The van der Waals surface area contributed by atoms with Crippen LogP contribution in [0.2, 0.25) is 0 Å². The minimum atomic E-state index is 0.959. The molecule has 11 aromatic rings. The normalized spacial score (nSPS) is 11.2. The standard InChI is InChI=1S/C59H41N3/c1-6-16-42(17-7-1)44-26-28-45(29-27-44)47-32-36-53(37-33-47)61(52-34-30-46(31-35-52)43-18-8-2-9-19-43)54-38-39-55-51(40-54)41-56(48-20-10-3-11-21-48)62-59(55)57(49-22-12-4-13-23-49)58(60-62)50-24-14-5-15-25-50/h1-41H. The Hall–Kier alpha value is -8.27. The van der Waals surface area contributed by atoms with Crippen molar-refractivity contribution in [3.63, 3.8) is 0 Å². The van der Waals surface area contributed by atoms with Gasteiger partial charge in [-0.2, -0.15) is 5.10 Å². The first kappa shape index (κ1) is 36.8. The van der Waals surface area contributed by atoms with Gasteiger partial charge in [0.2, 0.25) is 0 Å². The molecule has 3 nitrogen and oxygen atoms in total. The van der Waals surface area contributed by atoms with E-state index in [9.17, 15) is 0 Å². The van der Waals surface area contributed by atoms with Crippen molar-refractivity contribution in [1.82, 2.24) is 9.61 Å². The number of benzene rings is 9. The molecule has 0 fully saturated rings. The van der Waals surface area contributed by atoms with Crippen LogP contribution in [0.5, 0.6) is 0 Å². The van der Waals surface area contributed by atoms with Crippen molar-refractivity contribution in [2.45, 2.75) is 0 Å². The molecule has 0 aliphatic carbocycles. The maximum absolute atomic E-state index is 5.43. The van der Waals surface area contributed by atoms with Crippen molar-refractivity contribution in [1.29, 1.82) is 0 Å². The zero-order chi connectivity index (χ0) is 41.2. The molecule has 0 amide bonds. The van der Waals surface area contributed by atoms with Crippen molar-refractivity contribution >= 4 is 33.4 Å². The molecular weight excluding hydrogens is 751 g/mol. The average molecular weight is 792 g/mol. The van der Waals surface area contributed by atoms with Crippen LogP contribution in [0, 0.1) is 0 Å². The number of anilines is 3. The summed E-state index contributed by atoms with van der Waals surface area (Å²) in [6.45, 7) is 0. The lowest BCUT2D eigenvalue weighted by Gasteiger charge is -2.26. The maximum Gasteiger partial charge on any atom is 0.101 e. The first-order valence-electron chi connectivity index (χ1n) is 21.1. The number of rotatable bonds is 9. The molecule has 11 rings (SSSR count). The van der Waals surface area contributed by atoms with E-state index in [0.717, 1.165) is 67.0 Å². The van der Waals surface area contributed by atoms with Gasteiger partial charge in [0.25, 0.3) is 0 Å². The van der Waals surface area contributed by atoms with Gasteiger partial charge in [-0.3, -0.25) is 0 Å². The summed E-state index contributed by atoms with van der Waals surface area (Å²) in [7, 11) is 0. The Kier molecular flexibility index (Phi) is 9.53. The first-order chi connectivity index (χ1) is 30.7. The summed E-state index contributed by atoms with van der Waals surface area (Å²) in [5.74, 6) is 0. The summed E-state index contributed by atoms with van der Waals surface area (Å²) < 4.78 is 2.16. The van der Waals surface area contributed by atoms with Gasteiger partial charge in [0.1, 0.15) is 5.69 Å². The molecule has 292 valence electrons. The van der Waals surface area contributed by atoms with Crippen LogP contribution < -0.4 is 4.90 Å². The first-order valence-corrected chi connectivity index (χ1v) is 21.1. The van der Waals surface area contributed by atoms with Crippen LogP contribution in [0.3, 0.4) is 0 Å². The Bertz CT molecular complexity index is 3270. The molecular formula is C59H41N3. The van der Waals surface area contributed by atoms with Crippen LogP contribution in [0.25, 0.3) is 83.3 Å². The van der Waals surface area contributed by atoms with Gasteiger partial charge in [0.15, 0.2) is 0 Å². The number of hydrogen-bond acceptors (Lipinski definition) is 2. The zero-order valence-corrected chi connectivity index (χ0v) is 34.0. The highest BCUT2D eigenvalue weighted by Crippen LogP contribution is 2.44. The number of pyridine rings is 1. The fourth-order valence-corrected chi connectivity index (χ4v) is 8.73. The van der Waals surface area contributed by atoms with Crippen LogP contribution in [-0.2, 0) is 0 Å². The second-order valence-corrected chi connectivity index (χ2v) is 15.6. The molecule has 0 bridgehead atoms. The lowest BCUT2D eigenvalue weighted by molar-refractivity contribution is 0.979. The molecule has 0 saturated heterocycles. The van der Waals surface area contributed by atoms with E-state index >= 15 is 0 Å². The van der Waals surface area contributed by atoms with E-state index in [2.05, 4.69) is 258 Å². The second-order valence-electron chi connectivity index (χ2n) is 15.6. The van der Waals surface area contributed by atoms with Gasteiger partial charge >= 0.3 is 0 Å². The lowest BCUT2D eigenvalue weighted by Crippen LogP contribution is -2.10. The van der Waals surface area contributed by atoms with E-state index in [4.69, 9.17) is 5.10 Å². The summed E-state index contributed by atoms with van der Waals surface area (Å²) in [5.41, 5.74) is 17.9. The number of aromatic nitrogens is 2. The molecule has 0 spiro atoms. The Morgan fingerprint density at radius 3 is 1.15 bits per heavy atom. The lowest BCUT2D eigenvalue weighted by atomic mass is 9.96. The third-order valence-electron chi connectivity index (χ3n) is 11.8. The third kappa shape index (κ3) is 6.92. The number of hydrogen-bond donors (Lipinski definition) is 0. The number of nitrogens with zero attached hydrogens (tertiary/aromatic N) is 3. The molecule has 2 aromatic heterocycles. The number of fused-ring (bicyclic) bond motifs is 3. The molecule has 0 aliphatic heterocycles. The third-order valence-corrected chi connectivity index (χ3v) is 11.8. The van der Waals surface area contributed by atoms with Crippen LogP contribution >= 0.6 is 0 Å². The van der Waals surface area contributed by atoms with Crippen molar-refractivity contribution in [2.75, 3.05) is 4.90 Å². The highest BCUT2D eigenvalue weighted by molar-refractivity contribution is 6.09. The molecule has 2 heterocycles. The van der Waals surface area contributed by atoms with E-state index in [1.807, 2.05) is 0 Å². The summed E-state index contributed by atoms with van der Waals surface area (Å²) >= 11 is 0. The summed E-state index contributed by atoms with van der Waals surface area (Å²) in [6, 6.07) is 88.9. The van der Waals surface area contributed by atoms with Gasteiger partial charge in [-0.05, 0) is 86.8 Å². The molecule has 62 heavy (non-hydrogen) atoms. The molecule has 0 unspecified atom stereocenters. The van der Waals surface area contributed by atoms with E-state index in [1.165, 1.54) is 33.4 Å². The molecule has 0 atom stereocenters. The van der Waals surface area contributed by atoms with Crippen molar-refractivity contribution < 1.29 is 0 Å². The molecule has 3 heteroatoms. The van der Waals surface area contributed by atoms with E-state index < -0.39 is 0 Å². The van der Waals surface area contributed by atoms with E-state index in [1.54, 1.807) is 0 Å². The Balaban J connectivity index is 1.08. The molecule has 0 radical (unpaired) electrons. The smallest absolute Gasteiger partial charge is 0.101 e. The van der Waals surface area contributed by atoms with Crippen LogP contribution in [0.15, 0.2) is 249 Å². The second kappa shape index (κ2) is 16.1. The van der Waals surface area contributed by atoms with Crippen LogP contribution in [0.1, 0.15) is 0 Å². The van der Waals surface area contributed by atoms with Crippen molar-refractivity contribution in [3.05, 3.63) is 249 Å². The quantitative estimate of drug-likeness (QED) is 0.145. The molecule has 0 saturated carbocycles. The van der Waals surface area contributed by atoms with Gasteiger partial charge in [-0.1, -0.05) is 206 Å². The maximum atomic E-state index is 5.43. The average Bonchev–Trinajstić information content (AvgIpc) is 3.77. The van der Waals surface area contributed by atoms with Crippen molar-refractivity contribution in [2.24, 2.45) is 0 Å². The fourth-order valence-electron chi connectivity index (χ4n) is 8.73. The van der Waals surface area contributed by atoms with Crippen LogP contribution in [0.4, 0.5) is 17.1 Å². The van der Waals surface area contributed by atoms with Crippen LogP contribution in [-0.4, -0.2) is 9.61 Å². The van der Waals surface area contributed by atoms with Gasteiger partial charge in [0.05, 0.1) is 11.2 Å². The van der Waals surface area contributed by atoms with Gasteiger partial charge < -0.3 is 4.90 Å². The molecule has 0 aliphatic rings. The van der Waals surface area contributed by atoms with Gasteiger partial charge in [-0.15, -0.1) is 0 Å². The zero-order valence-electron chi connectivity index (χ0n) is 34.0. The monoisotopic (exact) mass is 791 g/mol. The van der Waals surface area contributed by atoms with Crippen molar-refractivity contribution in [3.8, 4) is 67.0 Å². The van der Waals surface area contributed by atoms with E-state index in [-0.39, 0.29) is 0 Å². The highest BCUT2D eigenvalue weighted by Gasteiger charge is 2.23. The minimum absolute atomic E-state index is 0.959. The van der Waals surface area contributed by atoms with Gasteiger partial charge in [0, 0.05) is 39.1 Å². The Labute approximate surface area is 362 Å². The molecule has 0 N–H and O–H groups in total. The summed E-state index contributed by atoms with van der Waals surface area (Å²) in [4.78, 5) is 2.37. The predicted molar refractivity (Wildman–Crippen MR) is 260 cm³/mol. The molecule has 9 aromatic carbocycles. The predicted octanol–water partition coefficient (Wildman–Crippen LogP) is 16.0. The summed E-state index contributed by atoms with van der Waals surface area (Å²) in [5, 5.41) is 7.70. The minimum Gasteiger partial charge on any atom is -0.310 e. The Morgan fingerprint density at radius 1 is 0.306 bits per heavy atom. The fraction of sp³-hybridized carbons (Fsp3) is 0.